The summed E-state index contributed by atoms with van der Waals surface area (Å²) in [5.41, 5.74) is 1.36. The van der Waals surface area contributed by atoms with Gasteiger partial charge in [0, 0.05) is 25.7 Å². The van der Waals surface area contributed by atoms with Crippen molar-refractivity contribution in [3.63, 3.8) is 0 Å². The maximum Gasteiger partial charge on any atom is 0.257 e. The Balaban J connectivity index is 1.39. The lowest BCUT2D eigenvalue weighted by Gasteiger charge is -2.31. The summed E-state index contributed by atoms with van der Waals surface area (Å²) in [6, 6.07) is 3.44. The molecule has 0 aliphatic carbocycles. The fourth-order valence-corrected chi connectivity index (χ4v) is 2.89. The Kier molecular flexibility index (Phi) is 4.98. The lowest BCUT2D eigenvalue weighted by molar-refractivity contribution is -0.121. The molecule has 1 aliphatic heterocycles. The van der Waals surface area contributed by atoms with Gasteiger partial charge >= 0.3 is 0 Å². The predicted molar refractivity (Wildman–Crippen MR) is 85.3 cm³/mol. The van der Waals surface area contributed by atoms with Crippen LogP contribution < -0.4 is 5.32 Å². The summed E-state index contributed by atoms with van der Waals surface area (Å²) < 4.78 is 10.00. The van der Waals surface area contributed by atoms with Gasteiger partial charge in [0.05, 0.1) is 23.9 Å². The van der Waals surface area contributed by atoms with Crippen LogP contribution in [0, 0.1) is 12.8 Å². The van der Waals surface area contributed by atoms with Crippen LogP contribution in [0.25, 0.3) is 0 Å². The molecule has 0 bridgehead atoms. The van der Waals surface area contributed by atoms with Crippen molar-refractivity contribution in [3.05, 3.63) is 41.7 Å². The van der Waals surface area contributed by atoms with Crippen molar-refractivity contribution in [2.24, 2.45) is 5.92 Å². The van der Waals surface area contributed by atoms with Gasteiger partial charge < -0.3 is 19.2 Å². The molecule has 2 amide bonds. The molecule has 1 saturated heterocycles. The zero-order chi connectivity index (χ0) is 16.9. The van der Waals surface area contributed by atoms with Gasteiger partial charge in [-0.05, 0) is 31.7 Å². The third kappa shape index (κ3) is 4.04. The van der Waals surface area contributed by atoms with Crippen molar-refractivity contribution in [3.8, 4) is 0 Å². The SMILES string of the molecule is Cc1cc(CC(=O)NCC2CCN(C(=O)c3ccoc3)CC2)on1. The molecule has 2 aromatic heterocycles. The summed E-state index contributed by atoms with van der Waals surface area (Å²) in [7, 11) is 0. The van der Waals surface area contributed by atoms with E-state index in [0.29, 0.717) is 36.9 Å². The quantitative estimate of drug-likeness (QED) is 0.902. The number of rotatable bonds is 5. The molecular formula is C17H21N3O4. The number of likely N-dealkylation sites (tertiary alicyclic amines) is 1. The average molecular weight is 331 g/mol. The van der Waals surface area contributed by atoms with Gasteiger partial charge in [0.1, 0.15) is 12.0 Å². The lowest BCUT2D eigenvalue weighted by Crippen LogP contribution is -2.41. The molecule has 7 nitrogen and oxygen atoms in total. The van der Waals surface area contributed by atoms with Crippen molar-refractivity contribution in [1.82, 2.24) is 15.4 Å². The highest BCUT2D eigenvalue weighted by Gasteiger charge is 2.24. The first kappa shape index (κ1) is 16.3. The van der Waals surface area contributed by atoms with Gasteiger partial charge in [-0.1, -0.05) is 5.16 Å². The minimum absolute atomic E-state index is 0.00641. The number of carbonyl (C=O) groups is 2. The summed E-state index contributed by atoms with van der Waals surface area (Å²) in [6.07, 6.45) is 4.95. The zero-order valence-electron chi connectivity index (χ0n) is 13.7. The van der Waals surface area contributed by atoms with Crippen molar-refractivity contribution in [2.45, 2.75) is 26.2 Å². The first-order valence-electron chi connectivity index (χ1n) is 8.12. The fourth-order valence-electron chi connectivity index (χ4n) is 2.89. The van der Waals surface area contributed by atoms with Gasteiger partial charge in [0.2, 0.25) is 5.91 Å². The van der Waals surface area contributed by atoms with E-state index >= 15 is 0 Å². The summed E-state index contributed by atoms with van der Waals surface area (Å²) >= 11 is 0. The third-order valence-electron chi connectivity index (χ3n) is 4.27. The van der Waals surface area contributed by atoms with Crippen LogP contribution in [-0.4, -0.2) is 41.5 Å². The Morgan fingerprint density at radius 2 is 2.17 bits per heavy atom. The van der Waals surface area contributed by atoms with E-state index in [-0.39, 0.29) is 18.2 Å². The van der Waals surface area contributed by atoms with E-state index in [0.717, 1.165) is 18.5 Å². The third-order valence-corrected chi connectivity index (χ3v) is 4.27. The van der Waals surface area contributed by atoms with E-state index in [1.54, 1.807) is 12.1 Å². The highest BCUT2D eigenvalue weighted by atomic mass is 16.5. The van der Waals surface area contributed by atoms with Crippen molar-refractivity contribution in [1.29, 1.82) is 0 Å². The van der Waals surface area contributed by atoms with Gasteiger partial charge in [-0.25, -0.2) is 0 Å². The molecule has 3 rings (SSSR count). The number of piperidine rings is 1. The molecule has 0 radical (unpaired) electrons. The Hall–Kier alpha value is -2.57. The summed E-state index contributed by atoms with van der Waals surface area (Å²) in [5.74, 6) is 0.902. The largest absolute Gasteiger partial charge is 0.472 e. The van der Waals surface area contributed by atoms with Crippen molar-refractivity contribution < 1.29 is 18.5 Å². The van der Waals surface area contributed by atoms with Crippen LogP contribution in [-0.2, 0) is 11.2 Å². The summed E-state index contributed by atoms with van der Waals surface area (Å²) in [6.45, 7) is 3.85. The number of furan rings is 1. The van der Waals surface area contributed by atoms with Gasteiger partial charge in [0.15, 0.2) is 0 Å². The van der Waals surface area contributed by atoms with E-state index in [2.05, 4.69) is 10.5 Å². The van der Waals surface area contributed by atoms with Crippen LogP contribution in [0.2, 0.25) is 0 Å². The van der Waals surface area contributed by atoms with Crippen LogP contribution in [0.1, 0.15) is 34.7 Å². The zero-order valence-corrected chi connectivity index (χ0v) is 13.7. The number of carbonyl (C=O) groups excluding carboxylic acids is 2. The van der Waals surface area contributed by atoms with E-state index in [1.165, 1.54) is 12.5 Å². The molecule has 0 aromatic carbocycles. The van der Waals surface area contributed by atoms with E-state index in [4.69, 9.17) is 8.94 Å². The first-order chi connectivity index (χ1) is 11.6. The molecule has 24 heavy (non-hydrogen) atoms. The molecule has 1 fully saturated rings. The number of amides is 2. The molecule has 0 atom stereocenters. The minimum Gasteiger partial charge on any atom is -0.472 e. The normalized spacial score (nSPS) is 15.5. The predicted octanol–water partition coefficient (Wildman–Crippen LogP) is 1.79. The molecule has 0 unspecified atom stereocenters. The Labute approximate surface area is 140 Å². The number of nitrogens with one attached hydrogen (secondary N) is 1. The molecular weight excluding hydrogens is 310 g/mol. The second-order valence-corrected chi connectivity index (χ2v) is 6.16. The van der Waals surface area contributed by atoms with Crippen molar-refractivity contribution >= 4 is 11.8 Å². The smallest absolute Gasteiger partial charge is 0.257 e. The molecule has 7 heteroatoms. The molecule has 2 aromatic rings. The Bertz CT molecular complexity index is 685. The Morgan fingerprint density at radius 1 is 1.38 bits per heavy atom. The first-order valence-corrected chi connectivity index (χ1v) is 8.12. The van der Waals surface area contributed by atoms with Gasteiger partial charge in [-0.2, -0.15) is 0 Å². The van der Waals surface area contributed by atoms with Crippen molar-refractivity contribution in [2.75, 3.05) is 19.6 Å². The Morgan fingerprint density at radius 3 is 2.79 bits per heavy atom. The maximum atomic E-state index is 12.2. The highest BCUT2D eigenvalue weighted by Crippen LogP contribution is 2.18. The second kappa shape index (κ2) is 7.33. The highest BCUT2D eigenvalue weighted by molar-refractivity contribution is 5.93. The van der Waals surface area contributed by atoms with Gasteiger partial charge in [-0.15, -0.1) is 0 Å². The van der Waals surface area contributed by atoms with Gasteiger partial charge in [-0.3, -0.25) is 9.59 Å². The molecule has 1 aliphatic rings. The van der Waals surface area contributed by atoms with Crippen LogP contribution in [0.5, 0.6) is 0 Å². The maximum absolute atomic E-state index is 12.2. The molecule has 0 spiro atoms. The average Bonchev–Trinajstić information content (AvgIpc) is 3.25. The van der Waals surface area contributed by atoms with E-state index < -0.39 is 0 Å². The van der Waals surface area contributed by atoms with E-state index in [1.807, 2.05) is 11.8 Å². The topological polar surface area (TPSA) is 88.6 Å². The summed E-state index contributed by atoms with van der Waals surface area (Å²) in [5, 5.41) is 6.70. The van der Waals surface area contributed by atoms with E-state index in [9.17, 15) is 9.59 Å². The van der Waals surface area contributed by atoms with Crippen LogP contribution >= 0.6 is 0 Å². The van der Waals surface area contributed by atoms with Crippen LogP contribution in [0.3, 0.4) is 0 Å². The molecule has 0 saturated carbocycles. The van der Waals surface area contributed by atoms with Crippen LogP contribution in [0.4, 0.5) is 0 Å². The van der Waals surface area contributed by atoms with Crippen LogP contribution in [0.15, 0.2) is 33.6 Å². The number of hydrogen-bond donors (Lipinski definition) is 1. The molecule has 3 heterocycles. The number of hydrogen-bond acceptors (Lipinski definition) is 5. The summed E-state index contributed by atoms with van der Waals surface area (Å²) in [4.78, 5) is 26.0. The lowest BCUT2D eigenvalue weighted by atomic mass is 9.96. The molecule has 1 N–H and O–H groups in total. The monoisotopic (exact) mass is 331 g/mol. The standard InChI is InChI=1S/C17H21N3O4/c1-12-8-15(24-19-12)9-16(21)18-10-13-2-5-20(6-3-13)17(22)14-4-7-23-11-14/h4,7-8,11,13H,2-3,5-6,9-10H2,1H3,(H,18,21). The fraction of sp³-hybridized carbons (Fsp3) is 0.471. The number of aryl methyl sites for hydroxylation is 1. The minimum atomic E-state index is -0.0666. The number of nitrogens with zero attached hydrogens (tertiary/aromatic N) is 2. The second-order valence-electron chi connectivity index (χ2n) is 6.16. The molecule has 128 valence electrons. The number of aromatic nitrogens is 1. The van der Waals surface area contributed by atoms with Gasteiger partial charge in [0.25, 0.3) is 5.91 Å².